The van der Waals surface area contributed by atoms with Crippen LogP contribution in [0.25, 0.3) is 88.6 Å². The third kappa shape index (κ3) is 31.0. The molecule has 0 atom stereocenters. The van der Waals surface area contributed by atoms with E-state index in [2.05, 4.69) is 196 Å². The maximum absolute atomic E-state index is 12.8. The standard InChI is InChI=1S/C17H23ClN2.C16H21ClN2.C14H18ClN.C13H15ClN2O.C13H16ClNO.C13H14ClNO.C13H17N3O2.C10H9Cl.C10H9F/c1-14-12-15(18)13-17-16(14)6-11-20(17)10-5-9-19-7-3-2-4-8-19;1-13-11-14(17)12-16-15(13)5-8-19(16)10-9-18-6-3-2-4-7-18;1-10-7-11(15)8-13-12(10)5-6-16(13)9-14(2,3)4;1-9-7-10(14)8-12-11(9)3-5-16(12)6-4-13(17)15-2;1-10-8-11(14)9-13-12(10)4-6-15(13)5-3-7-16-2;1-3-11(16)8-15-5-4-12-9(2)6-10(14)7-13(12)15;1-9-7-10-5-6-16(8-11(17)15(2)3)12(10)14-13(9)18-4;2*1-7-5-9(11)6-8-3-2-4-10(7)8/h6,11-13H,2-5,7-10H2,1H3;5,8,11-12H,2-4,6-7,9-10H2,1H3;5-8H,9H2,1-4H3;3,5,7-8H,4,6H2,1-2H3,(H,15,17);4,6,8-9H,3,5,7H2,1-2H3;4-7H,3,8H2,1-2H3;5-7H,8H2,1-4H3;2*2,4-6H,3H2,1H3. The van der Waals surface area contributed by atoms with Gasteiger partial charge in [-0.25, -0.2) is 4.39 Å². The van der Waals surface area contributed by atoms with Crippen molar-refractivity contribution in [3.63, 3.8) is 0 Å². The van der Waals surface area contributed by atoms with Crippen LogP contribution in [0.3, 0.4) is 0 Å². The number of pyridine rings is 1. The van der Waals surface area contributed by atoms with Crippen molar-refractivity contribution in [3.05, 3.63) is 314 Å². The SMILES string of the molecule is CCC(=O)Cn1ccc2c(C)cc(Cl)cc21.CNC(=O)CCn1ccc2c(C)cc(Cl)cc21.COCCCn1ccc2c(C)cc(Cl)cc21.COc1nc2c(ccn2CC(=O)N(C)C)cc1C.Cc1cc(Cl)cc2c1C=CC2.Cc1cc(Cl)cc2c1ccn2CC(C)(C)C.Cc1cc(Cl)cc2c1ccn2CCCN1CCCCC1.Cc1cc(Cl)cc2c1ccn2CCN1CCCCC1.Cc1cc(F)cc2c1C=CC2. The highest BCUT2D eigenvalue weighted by molar-refractivity contribution is 6.33. The van der Waals surface area contributed by atoms with Crippen LogP contribution < -0.4 is 10.1 Å². The summed E-state index contributed by atoms with van der Waals surface area (Å²) in [4.78, 5) is 45.6. The van der Waals surface area contributed by atoms with E-state index in [4.69, 9.17) is 90.7 Å². The summed E-state index contributed by atoms with van der Waals surface area (Å²) in [6.45, 7) is 40.9. The van der Waals surface area contributed by atoms with Crippen LogP contribution in [-0.4, -0.2) is 150 Å². The summed E-state index contributed by atoms with van der Waals surface area (Å²) in [5, 5.41) is 16.8. The summed E-state index contributed by atoms with van der Waals surface area (Å²) in [7, 11) is 8.46. The molecular weight excluding hydrogens is 1940 g/mol. The molecule has 10 heterocycles. The fraction of sp³-hybridized carbons (Fsp3) is 0.378. The minimum atomic E-state index is -0.120. The van der Waals surface area contributed by atoms with Gasteiger partial charge in [0.05, 0.1) is 19.2 Å². The number of halogens is 8. The Morgan fingerprint density at radius 1 is 0.417 bits per heavy atom. The molecule has 0 bridgehead atoms. The Morgan fingerprint density at radius 3 is 1.22 bits per heavy atom. The largest absolute Gasteiger partial charge is 0.481 e. The lowest BCUT2D eigenvalue weighted by atomic mass is 9.97. The fourth-order valence-corrected chi connectivity index (χ4v) is 21.1. The quantitative estimate of drug-likeness (QED) is 0.0702. The number of aryl methyl sites for hydroxylation is 12. The summed E-state index contributed by atoms with van der Waals surface area (Å²) < 4.78 is 38.1. The van der Waals surface area contributed by atoms with E-state index >= 15 is 0 Å². The molecule has 0 saturated carbocycles. The molecule has 764 valence electrons. The van der Waals surface area contributed by atoms with Crippen LogP contribution in [0.2, 0.25) is 35.2 Å². The number of allylic oxidation sites excluding steroid dienone is 2. The van der Waals surface area contributed by atoms with E-state index in [1.165, 1.54) is 171 Å². The number of ketones is 1. The topological polar surface area (TPSA) is 139 Å². The molecule has 2 saturated heterocycles. The predicted molar refractivity (Wildman–Crippen MR) is 608 cm³/mol. The van der Waals surface area contributed by atoms with E-state index in [0.29, 0.717) is 36.8 Å². The second-order valence-corrected chi connectivity index (χ2v) is 42.6. The number of nitrogens with one attached hydrogen (secondary N) is 1. The highest BCUT2D eigenvalue weighted by Crippen LogP contribution is 2.35. The third-order valence-electron chi connectivity index (χ3n) is 26.8. The normalized spacial score (nSPS) is 13.1. The number of fused-ring (bicyclic) bond motifs is 9. The number of likely N-dealkylation sites (N-methyl/N-ethyl adjacent to an activating group) is 1. The van der Waals surface area contributed by atoms with Crippen molar-refractivity contribution in [1.29, 1.82) is 0 Å². The van der Waals surface area contributed by atoms with E-state index < -0.39 is 0 Å². The van der Waals surface area contributed by atoms with Gasteiger partial charge >= 0.3 is 0 Å². The number of ether oxygens (including phenoxy) is 2. The zero-order valence-corrected chi connectivity index (χ0v) is 92.4. The molecule has 8 aromatic carbocycles. The Hall–Kier alpha value is -10.6. The molecule has 0 radical (unpaired) electrons. The lowest BCUT2D eigenvalue weighted by Crippen LogP contribution is -2.32. The van der Waals surface area contributed by atoms with Crippen molar-refractivity contribution in [2.75, 3.05) is 81.2 Å². The van der Waals surface area contributed by atoms with Gasteiger partial charge in [-0.15, -0.1) is 0 Å². The Labute approximate surface area is 885 Å². The number of hydrogen-bond donors (Lipinski definition) is 1. The second-order valence-electron chi connectivity index (χ2n) is 39.5. The van der Waals surface area contributed by atoms with E-state index in [-0.39, 0.29) is 35.4 Å². The Kier molecular flexibility index (Phi) is 41.4. The molecule has 0 unspecified atom stereocenters. The number of benzene rings is 8. The van der Waals surface area contributed by atoms with Crippen molar-refractivity contribution >= 4 is 187 Å². The van der Waals surface area contributed by atoms with Crippen LogP contribution in [0.15, 0.2) is 201 Å². The van der Waals surface area contributed by atoms with Gasteiger partial charge in [-0.1, -0.05) is 146 Å². The van der Waals surface area contributed by atoms with Gasteiger partial charge in [0.2, 0.25) is 17.7 Å². The molecule has 2 aliphatic heterocycles. The van der Waals surface area contributed by atoms with Crippen molar-refractivity contribution in [2.24, 2.45) is 5.41 Å². The van der Waals surface area contributed by atoms with Crippen LogP contribution >= 0.6 is 81.2 Å². The van der Waals surface area contributed by atoms with Crippen molar-refractivity contribution in [1.82, 2.24) is 57.0 Å². The van der Waals surface area contributed by atoms with E-state index in [1.807, 2.05) is 147 Å². The number of piperidine rings is 2. The van der Waals surface area contributed by atoms with Crippen molar-refractivity contribution in [3.8, 4) is 5.88 Å². The van der Waals surface area contributed by atoms with Gasteiger partial charge in [0.1, 0.15) is 18.0 Å². The fourth-order valence-electron chi connectivity index (χ4n) is 19.2. The highest BCUT2D eigenvalue weighted by atomic mass is 35.5. The second kappa shape index (κ2) is 53.2. The van der Waals surface area contributed by atoms with Gasteiger partial charge in [0.15, 0.2) is 5.78 Å². The molecule has 8 aromatic heterocycles. The number of amides is 2. The smallest absolute Gasteiger partial charge is 0.242 e. The molecule has 2 amide bonds. The first kappa shape index (κ1) is 112. The molecule has 0 spiro atoms. The van der Waals surface area contributed by atoms with Gasteiger partial charge in [0.25, 0.3) is 0 Å². The maximum Gasteiger partial charge on any atom is 0.242 e. The molecule has 1 N–H and O–H groups in total. The van der Waals surface area contributed by atoms with Crippen LogP contribution in [0.5, 0.6) is 5.88 Å². The number of aromatic nitrogens is 8. The lowest BCUT2D eigenvalue weighted by molar-refractivity contribution is -0.129. The minimum Gasteiger partial charge on any atom is -0.481 e. The minimum absolute atomic E-state index is 0.0360. The van der Waals surface area contributed by atoms with Gasteiger partial charge in [-0.3, -0.25) is 14.4 Å². The number of rotatable bonds is 21. The zero-order valence-electron chi connectivity index (χ0n) is 87.1. The molecule has 20 rings (SSSR count). The molecule has 16 aromatic rings. The average molecular weight is 2090 g/mol. The molecule has 25 heteroatoms. The Balaban J connectivity index is 0.000000145. The van der Waals surface area contributed by atoms with E-state index in [1.54, 1.807) is 52.4 Å². The number of carbonyl (C=O) groups excluding carboxylic acids is 3. The summed E-state index contributed by atoms with van der Waals surface area (Å²) >= 11 is 42.5. The maximum atomic E-state index is 12.8. The Morgan fingerprint density at radius 2 is 0.792 bits per heavy atom. The summed E-state index contributed by atoms with van der Waals surface area (Å²) in [5.41, 5.74) is 23.8. The van der Waals surface area contributed by atoms with Crippen molar-refractivity contribution < 1.29 is 28.2 Å². The summed E-state index contributed by atoms with van der Waals surface area (Å²) in [5.74, 6) is 0.791. The van der Waals surface area contributed by atoms with Crippen LogP contribution in [0.1, 0.15) is 164 Å². The third-order valence-corrected chi connectivity index (χ3v) is 28.3. The number of methoxy groups -OCH3 is 2. The molecule has 4 aliphatic rings. The number of carbonyl (C=O) groups is 3. The van der Waals surface area contributed by atoms with E-state index in [0.717, 1.165) is 144 Å². The van der Waals surface area contributed by atoms with Crippen molar-refractivity contribution in [2.45, 2.75) is 213 Å². The van der Waals surface area contributed by atoms with Gasteiger partial charge in [-0.2, -0.15) is 4.98 Å². The van der Waals surface area contributed by atoms with Crippen LogP contribution in [-0.2, 0) is 77.8 Å². The first-order valence-corrected chi connectivity index (χ1v) is 52.8. The molecular formula is C119H142Cl7FN12O5. The zero-order chi connectivity index (χ0) is 104. The first-order valence-electron chi connectivity index (χ1n) is 50.1. The lowest BCUT2D eigenvalue weighted by Gasteiger charge is -2.26. The highest BCUT2D eigenvalue weighted by Gasteiger charge is 2.20. The molecule has 144 heavy (non-hydrogen) atoms. The number of nitrogens with zero attached hydrogens (tertiary/aromatic N) is 11. The average Bonchev–Trinajstić information content (AvgIpc) is 1.67. The summed E-state index contributed by atoms with van der Waals surface area (Å²) in [6, 6.07) is 48.1. The van der Waals surface area contributed by atoms with Crippen LogP contribution in [0.4, 0.5) is 4.39 Å². The number of Topliss-reactive ketones (excluding diaryl/α,β-unsaturated/α-hetero) is 1. The van der Waals surface area contributed by atoms with Gasteiger partial charge in [-0.05, 0) is 364 Å². The number of likely N-dealkylation sites (tertiary alicyclic amines) is 2. The molecule has 17 nitrogen and oxygen atoms in total. The van der Waals surface area contributed by atoms with E-state index in [9.17, 15) is 18.8 Å². The first-order chi connectivity index (χ1) is 68.9. The van der Waals surface area contributed by atoms with Gasteiger partial charge in [0, 0.05) is 236 Å². The molecule has 2 aliphatic carbocycles. The monoisotopic (exact) mass is 2080 g/mol. The van der Waals surface area contributed by atoms with Crippen LogP contribution in [0, 0.1) is 73.5 Å². The molecule has 2 fully saturated rings. The number of hydrogen-bond acceptors (Lipinski definition) is 8. The van der Waals surface area contributed by atoms with Gasteiger partial charge < -0.3 is 61.5 Å². The predicted octanol–water partition coefficient (Wildman–Crippen LogP) is 30.5. The Bertz CT molecular complexity index is 7100. The summed E-state index contributed by atoms with van der Waals surface area (Å²) in [6.07, 6.45) is 36.4.